The van der Waals surface area contributed by atoms with E-state index in [1.807, 2.05) is 13.0 Å². The molecule has 1 aromatic carbocycles. The van der Waals surface area contributed by atoms with Crippen molar-refractivity contribution in [2.45, 2.75) is 38.3 Å². The summed E-state index contributed by atoms with van der Waals surface area (Å²) >= 11 is 0. The van der Waals surface area contributed by atoms with Gasteiger partial charge in [-0.05, 0) is 43.0 Å². The molecule has 0 amide bonds. The Morgan fingerprint density at radius 3 is 3.09 bits per heavy atom. The Balaban J connectivity index is 1.70. The molecular weight excluding hydrogens is 294 g/mol. The summed E-state index contributed by atoms with van der Waals surface area (Å²) in [7, 11) is 1.70. The van der Waals surface area contributed by atoms with Crippen molar-refractivity contribution in [3.8, 4) is 5.75 Å². The van der Waals surface area contributed by atoms with Crippen LogP contribution in [-0.2, 0) is 20.7 Å². The normalized spacial score (nSPS) is 23.7. The van der Waals surface area contributed by atoms with Gasteiger partial charge in [-0.2, -0.15) is 0 Å². The molecule has 1 aliphatic carbocycles. The lowest BCUT2D eigenvalue weighted by Gasteiger charge is -2.44. The fraction of sp³-hybridized carbons (Fsp3) is 0.611. The van der Waals surface area contributed by atoms with E-state index < -0.39 is 0 Å². The molecule has 1 aliphatic heterocycles. The van der Waals surface area contributed by atoms with E-state index in [-0.39, 0.29) is 12.1 Å². The number of carbonyl (C=O) groups is 1. The molecule has 5 heteroatoms. The Labute approximate surface area is 137 Å². The number of benzene rings is 1. The van der Waals surface area contributed by atoms with Crippen LogP contribution in [0.15, 0.2) is 18.2 Å². The summed E-state index contributed by atoms with van der Waals surface area (Å²) in [5, 5.41) is 0. The molecule has 0 N–H and O–H groups in total. The third-order valence-corrected chi connectivity index (χ3v) is 4.77. The maximum Gasteiger partial charge on any atom is 0.307 e. The number of esters is 1. The van der Waals surface area contributed by atoms with Crippen LogP contribution in [-0.4, -0.2) is 50.3 Å². The Kier molecular flexibility index (Phi) is 5.18. The monoisotopic (exact) mass is 319 g/mol. The molecule has 2 unspecified atom stereocenters. The summed E-state index contributed by atoms with van der Waals surface area (Å²) in [6, 6.07) is 6.59. The second kappa shape index (κ2) is 7.32. The van der Waals surface area contributed by atoms with Crippen LogP contribution in [0, 0.1) is 0 Å². The van der Waals surface area contributed by atoms with Gasteiger partial charge >= 0.3 is 5.97 Å². The van der Waals surface area contributed by atoms with Crippen molar-refractivity contribution in [2.75, 3.05) is 33.4 Å². The zero-order valence-electron chi connectivity index (χ0n) is 13.9. The Morgan fingerprint density at radius 1 is 1.43 bits per heavy atom. The largest absolute Gasteiger partial charge is 0.497 e. The standard InChI is InChI=1S/C18H25NO4/c1-3-22-17(20)8-9-19-10-11-23-18-15-6-5-14(21-2)12-13(15)4-7-16(18)19/h5-6,12,16,18H,3-4,7-11H2,1-2H3. The number of rotatable bonds is 5. The van der Waals surface area contributed by atoms with Gasteiger partial charge in [0.2, 0.25) is 0 Å². The first-order chi connectivity index (χ1) is 11.2. The average molecular weight is 319 g/mol. The van der Waals surface area contributed by atoms with Gasteiger partial charge in [-0.1, -0.05) is 6.07 Å². The number of aryl methyl sites for hydroxylation is 1. The molecule has 1 aromatic rings. The van der Waals surface area contributed by atoms with Crippen LogP contribution in [0.25, 0.3) is 0 Å². The van der Waals surface area contributed by atoms with Crippen molar-refractivity contribution in [3.63, 3.8) is 0 Å². The summed E-state index contributed by atoms with van der Waals surface area (Å²) < 4.78 is 16.4. The van der Waals surface area contributed by atoms with Crippen LogP contribution in [0.3, 0.4) is 0 Å². The average Bonchev–Trinajstić information content (AvgIpc) is 2.59. The highest BCUT2D eigenvalue weighted by molar-refractivity contribution is 5.69. The SMILES string of the molecule is CCOC(=O)CCN1CCOC2c3ccc(OC)cc3CCC21. The third-order valence-electron chi connectivity index (χ3n) is 4.77. The second-order valence-electron chi connectivity index (χ2n) is 6.05. The third kappa shape index (κ3) is 3.51. The Morgan fingerprint density at radius 2 is 2.30 bits per heavy atom. The second-order valence-corrected chi connectivity index (χ2v) is 6.05. The summed E-state index contributed by atoms with van der Waals surface area (Å²) in [6.45, 7) is 4.62. The van der Waals surface area contributed by atoms with Gasteiger partial charge in [-0.25, -0.2) is 0 Å². The van der Waals surface area contributed by atoms with E-state index in [1.54, 1.807) is 7.11 Å². The fourth-order valence-corrected chi connectivity index (χ4v) is 3.65. The number of hydrogen-bond acceptors (Lipinski definition) is 5. The van der Waals surface area contributed by atoms with Gasteiger partial charge in [0.05, 0.1) is 32.8 Å². The number of ether oxygens (including phenoxy) is 3. The minimum Gasteiger partial charge on any atom is -0.497 e. The molecule has 3 rings (SSSR count). The summed E-state index contributed by atoms with van der Waals surface area (Å²) in [4.78, 5) is 14.0. The van der Waals surface area contributed by atoms with Gasteiger partial charge in [0.1, 0.15) is 5.75 Å². The molecule has 0 saturated carbocycles. The molecule has 1 heterocycles. The van der Waals surface area contributed by atoms with Crippen LogP contribution < -0.4 is 4.74 Å². The van der Waals surface area contributed by atoms with Crippen molar-refractivity contribution in [2.24, 2.45) is 0 Å². The van der Waals surface area contributed by atoms with E-state index >= 15 is 0 Å². The fourth-order valence-electron chi connectivity index (χ4n) is 3.65. The maximum absolute atomic E-state index is 11.6. The van der Waals surface area contributed by atoms with Crippen molar-refractivity contribution in [1.82, 2.24) is 4.90 Å². The minimum atomic E-state index is -0.114. The first-order valence-corrected chi connectivity index (χ1v) is 8.41. The van der Waals surface area contributed by atoms with Gasteiger partial charge < -0.3 is 14.2 Å². The van der Waals surface area contributed by atoms with Crippen molar-refractivity contribution < 1.29 is 19.0 Å². The molecule has 1 fully saturated rings. The number of fused-ring (bicyclic) bond motifs is 3. The molecular formula is C18H25NO4. The van der Waals surface area contributed by atoms with Crippen molar-refractivity contribution in [1.29, 1.82) is 0 Å². The molecule has 1 saturated heterocycles. The van der Waals surface area contributed by atoms with Gasteiger partial charge in [0.15, 0.2) is 0 Å². The van der Waals surface area contributed by atoms with E-state index in [2.05, 4.69) is 17.0 Å². The molecule has 0 bridgehead atoms. The van der Waals surface area contributed by atoms with Gasteiger partial charge in [-0.15, -0.1) is 0 Å². The predicted molar refractivity (Wildman–Crippen MR) is 86.6 cm³/mol. The van der Waals surface area contributed by atoms with Crippen molar-refractivity contribution in [3.05, 3.63) is 29.3 Å². The zero-order chi connectivity index (χ0) is 16.2. The number of hydrogen-bond donors (Lipinski definition) is 0. The Bertz CT molecular complexity index is 560. The first kappa shape index (κ1) is 16.3. The molecule has 126 valence electrons. The molecule has 0 spiro atoms. The van der Waals surface area contributed by atoms with E-state index in [9.17, 15) is 4.79 Å². The van der Waals surface area contributed by atoms with Crippen LogP contribution in [0.5, 0.6) is 5.75 Å². The lowest BCUT2D eigenvalue weighted by atomic mass is 9.84. The van der Waals surface area contributed by atoms with Gasteiger partial charge in [0.25, 0.3) is 0 Å². The summed E-state index contributed by atoms with van der Waals surface area (Å²) in [5.41, 5.74) is 2.58. The number of nitrogens with zero attached hydrogens (tertiary/aromatic N) is 1. The highest BCUT2D eigenvalue weighted by Crippen LogP contribution is 2.39. The van der Waals surface area contributed by atoms with E-state index in [1.165, 1.54) is 11.1 Å². The molecule has 0 aromatic heterocycles. The lowest BCUT2D eigenvalue weighted by Crippen LogP contribution is -2.49. The van der Waals surface area contributed by atoms with Crippen LogP contribution in [0.4, 0.5) is 0 Å². The van der Waals surface area contributed by atoms with Crippen LogP contribution in [0.1, 0.15) is 37.0 Å². The van der Waals surface area contributed by atoms with Gasteiger partial charge in [0, 0.05) is 19.1 Å². The molecule has 2 aliphatic rings. The van der Waals surface area contributed by atoms with E-state index in [4.69, 9.17) is 14.2 Å². The molecule has 23 heavy (non-hydrogen) atoms. The van der Waals surface area contributed by atoms with E-state index in [0.29, 0.717) is 25.7 Å². The van der Waals surface area contributed by atoms with Crippen LogP contribution >= 0.6 is 0 Å². The molecule has 5 nitrogen and oxygen atoms in total. The quantitative estimate of drug-likeness (QED) is 0.780. The highest BCUT2D eigenvalue weighted by Gasteiger charge is 2.37. The minimum absolute atomic E-state index is 0.0978. The zero-order valence-corrected chi connectivity index (χ0v) is 13.9. The first-order valence-electron chi connectivity index (χ1n) is 8.41. The van der Waals surface area contributed by atoms with Crippen molar-refractivity contribution >= 4 is 5.97 Å². The maximum atomic E-state index is 11.6. The Hall–Kier alpha value is -1.59. The molecule has 2 atom stereocenters. The predicted octanol–water partition coefficient (Wildman–Crippen LogP) is 2.34. The smallest absolute Gasteiger partial charge is 0.307 e. The molecule has 0 radical (unpaired) electrons. The number of morpholine rings is 1. The van der Waals surface area contributed by atoms with Gasteiger partial charge in [-0.3, -0.25) is 9.69 Å². The number of methoxy groups -OCH3 is 1. The summed E-state index contributed by atoms with van der Waals surface area (Å²) in [6.07, 6.45) is 2.62. The van der Waals surface area contributed by atoms with Crippen LogP contribution in [0.2, 0.25) is 0 Å². The topological polar surface area (TPSA) is 48.0 Å². The number of carbonyl (C=O) groups excluding carboxylic acids is 1. The van der Waals surface area contributed by atoms with E-state index in [0.717, 1.165) is 31.7 Å². The highest BCUT2D eigenvalue weighted by atomic mass is 16.5. The lowest BCUT2D eigenvalue weighted by molar-refractivity contribution is -0.144. The summed E-state index contributed by atoms with van der Waals surface area (Å²) in [5.74, 6) is 0.786.